The van der Waals surface area contributed by atoms with Crippen LogP contribution in [0.25, 0.3) is 87.1 Å². The van der Waals surface area contributed by atoms with Crippen LogP contribution in [-0.4, -0.2) is 9.97 Å². The average Bonchev–Trinajstić information content (AvgIpc) is 3.77. The topological polar surface area (TPSA) is 25.8 Å². The molecule has 1 aliphatic carbocycles. The number of benzene rings is 8. The number of rotatable bonds is 5. The van der Waals surface area contributed by atoms with Crippen LogP contribution in [-0.2, 0) is 5.41 Å². The van der Waals surface area contributed by atoms with Crippen molar-refractivity contribution in [2.75, 3.05) is 0 Å². The van der Waals surface area contributed by atoms with Crippen LogP contribution in [0.1, 0.15) is 23.6 Å². The summed E-state index contributed by atoms with van der Waals surface area (Å²) in [5, 5.41) is 5.15. The molecular weight excluding hydrogens is 685 g/mol. The van der Waals surface area contributed by atoms with Gasteiger partial charge in [0.1, 0.15) is 0 Å². The lowest BCUT2D eigenvalue weighted by atomic mass is 9.74. The van der Waals surface area contributed by atoms with Crippen LogP contribution < -0.4 is 0 Å². The van der Waals surface area contributed by atoms with Gasteiger partial charge in [-0.3, -0.25) is 0 Å². The summed E-state index contributed by atoms with van der Waals surface area (Å²) in [7, 11) is 0. The third kappa shape index (κ3) is 4.94. The lowest BCUT2D eigenvalue weighted by Crippen LogP contribution is -2.22. The summed E-state index contributed by atoms with van der Waals surface area (Å²) in [5.41, 5.74) is 13.5. The summed E-state index contributed by atoms with van der Waals surface area (Å²) in [5.74, 6) is 0.713. The zero-order valence-corrected chi connectivity index (χ0v) is 31.0. The van der Waals surface area contributed by atoms with Crippen LogP contribution in [0.4, 0.5) is 0 Å². The molecule has 11 rings (SSSR count). The number of thiophene rings is 1. The minimum absolute atomic E-state index is 0.298. The number of aromatic nitrogens is 2. The van der Waals surface area contributed by atoms with Crippen LogP contribution in [0, 0.1) is 0 Å². The number of nitrogens with zero attached hydrogens (tertiary/aromatic N) is 2. The standard InChI is InChI=1S/C52H34N2S/c1-52(36-20-6-3-7-21-36)44-27-12-10-25-40(44)49-41(26-15-28-45(49)52)47-32-46(53-51(54-47)33-16-4-2-5-17-33)35-19-14-18-34(30-35)42-31-43-38-23-11-13-29-48(38)55-50(43)39-24-9-8-22-37(39)42/h2-32H,1H3. The fourth-order valence-corrected chi connectivity index (χ4v) is 10.1. The van der Waals surface area contributed by atoms with Crippen molar-refractivity contribution in [2.24, 2.45) is 0 Å². The zero-order chi connectivity index (χ0) is 36.5. The molecule has 0 amide bonds. The summed E-state index contributed by atoms with van der Waals surface area (Å²) >= 11 is 1.88. The Morgan fingerprint density at radius 2 is 1.04 bits per heavy atom. The van der Waals surface area contributed by atoms with Gasteiger partial charge in [0.25, 0.3) is 0 Å². The molecular formula is C52H34N2S. The van der Waals surface area contributed by atoms with E-state index in [1.54, 1.807) is 0 Å². The molecule has 3 heteroatoms. The number of hydrogen-bond donors (Lipinski definition) is 0. The highest BCUT2D eigenvalue weighted by Gasteiger charge is 2.41. The van der Waals surface area contributed by atoms with Crippen LogP contribution in [0.15, 0.2) is 188 Å². The lowest BCUT2D eigenvalue weighted by Gasteiger charge is -2.28. The Balaban J connectivity index is 1.12. The van der Waals surface area contributed by atoms with Crippen molar-refractivity contribution in [3.8, 4) is 56.2 Å². The predicted octanol–water partition coefficient (Wildman–Crippen LogP) is 14.0. The van der Waals surface area contributed by atoms with Gasteiger partial charge in [-0.05, 0) is 75.5 Å². The Morgan fingerprint density at radius 1 is 0.418 bits per heavy atom. The van der Waals surface area contributed by atoms with E-state index < -0.39 is 0 Å². The van der Waals surface area contributed by atoms with Gasteiger partial charge in [0.2, 0.25) is 0 Å². The first kappa shape index (κ1) is 31.8. The second-order valence-corrected chi connectivity index (χ2v) is 15.7. The predicted molar refractivity (Wildman–Crippen MR) is 232 cm³/mol. The molecule has 0 bridgehead atoms. The molecule has 0 N–H and O–H groups in total. The van der Waals surface area contributed by atoms with Gasteiger partial charge in [-0.1, -0.05) is 164 Å². The maximum absolute atomic E-state index is 5.34. The van der Waals surface area contributed by atoms with Crippen molar-refractivity contribution in [2.45, 2.75) is 12.3 Å². The molecule has 2 heterocycles. The molecule has 2 aromatic heterocycles. The van der Waals surface area contributed by atoms with Crippen LogP contribution in [0.2, 0.25) is 0 Å². The molecule has 2 nitrogen and oxygen atoms in total. The molecule has 0 spiro atoms. The first-order valence-electron chi connectivity index (χ1n) is 18.8. The van der Waals surface area contributed by atoms with Gasteiger partial charge in [-0.15, -0.1) is 11.3 Å². The third-order valence-electron chi connectivity index (χ3n) is 11.6. The molecule has 258 valence electrons. The van der Waals surface area contributed by atoms with Gasteiger partial charge in [-0.2, -0.15) is 0 Å². The maximum Gasteiger partial charge on any atom is 0.160 e. The Kier molecular flexibility index (Phi) is 7.20. The molecule has 1 atom stereocenters. The van der Waals surface area contributed by atoms with Crippen molar-refractivity contribution < 1.29 is 0 Å². The molecule has 0 aliphatic heterocycles. The van der Waals surface area contributed by atoms with Gasteiger partial charge in [0.15, 0.2) is 5.82 Å². The highest BCUT2D eigenvalue weighted by molar-refractivity contribution is 7.26. The summed E-state index contributed by atoms with van der Waals surface area (Å²) in [4.78, 5) is 10.6. The van der Waals surface area contributed by atoms with Gasteiger partial charge < -0.3 is 0 Å². The van der Waals surface area contributed by atoms with E-state index in [4.69, 9.17) is 9.97 Å². The molecule has 0 fully saturated rings. The van der Waals surface area contributed by atoms with Crippen molar-refractivity contribution in [1.29, 1.82) is 0 Å². The normalized spacial score (nSPS) is 14.7. The molecule has 0 saturated carbocycles. The highest BCUT2D eigenvalue weighted by atomic mass is 32.1. The first-order valence-corrected chi connectivity index (χ1v) is 19.6. The summed E-state index contributed by atoms with van der Waals surface area (Å²) < 4.78 is 2.65. The Hall–Kier alpha value is -6.68. The molecule has 1 unspecified atom stereocenters. The summed E-state index contributed by atoms with van der Waals surface area (Å²) in [6.07, 6.45) is 0. The van der Waals surface area contributed by atoms with E-state index in [0.29, 0.717) is 5.82 Å². The Morgan fingerprint density at radius 3 is 1.89 bits per heavy atom. The average molecular weight is 719 g/mol. The van der Waals surface area contributed by atoms with E-state index in [0.717, 1.165) is 28.1 Å². The fraction of sp³-hybridized carbons (Fsp3) is 0.0385. The van der Waals surface area contributed by atoms with E-state index in [1.807, 2.05) is 17.4 Å². The van der Waals surface area contributed by atoms with Crippen molar-refractivity contribution in [1.82, 2.24) is 9.97 Å². The summed E-state index contributed by atoms with van der Waals surface area (Å²) in [6.45, 7) is 2.36. The second kappa shape index (κ2) is 12.4. The quantitative estimate of drug-likeness (QED) is 0.177. The number of hydrogen-bond acceptors (Lipinski definition) is 3. The summed E-state index contributed by atoms with van der Waals surface area (Å²) in [6, 6.07) is 67.9. The minimum atomic E-state index is -0.298. The molecule has 55 heavy (non-hydrogen) atoms. The van der Waals surface area contributed by atoms with Gasteiger partial charge >= 0.3 is 0 Å². The van der Waals surface area contributed by atoms with E-state index in [1.165, 1.54) is 69.9 Å². The Bertz CT molecular complexity index is 3110. The van der Waals surface area contributed by atoms with Crippen molar-refractivity contribution >= 4 is 42.3 Å². The Labute approximate surface area is 324 Å². The second-order valence-electron chi connectivity index (χ2n) is 14.6. The third-order valence-corrected chi connectivity index (χ3v) is 12.8. The SMILES string of the molecule is CC1(c2ccccc2)c2ccccc2-c2c(-c3cc(-c4cccc(-c5cc6c7ccccc7sc6c6ccccc56)c4)nc(-c4ccccc4)n3)cccc21. The lowest BCUT2D eigenvalue weighted by molar-refractivity contribution is 0.714. The number of fused-ring (bicyclic) bond motifs is 8. The van der Waals surface area contributed by atoms with Crippen LogP contribution in [0.5, 0.6) is 0 Å². The molecule has 1 aliphatic rings. The zero-order valence-electron chi connectivity index (χ0n) is 30.2. The maximum atomic E-state index is 5.34. The highest BCUT2D eigenvalue weighted by Crippen LogP contribution is 2.55. The van der Waals surface area contributed by atoms with E-state index in [9.17, 15) is 0 Å². The van der Waals surface area contributed by atoms with Gasteiger partial charge in [0, 0.05) is 47.7 Å². The molecule has 8 aromatic carbocycles. The minimum Gasteiger partial charge on any atom is -0.228 e. The monoisotopic (exact) mass is 718 g/mol. The van der Waals surface area contributed by atoms with Gasteiger partial charge in [-0.25, -0.2) is 9.97 Å². The smallest absolute Gasteiger partial charge is 0.160 e. The molecule has 0 saturated heterocycles. The van der Waals surface area contributed by atoms with Gasteiger partial charge in [0.05, 0.1) is 11.4 Å². The largest absolute Gasteiger partial charge is 0.228 e. The van der Waals surface area contributed by atoms with E-state index in [-0.39, 0.29) is 5.41 Å². The van der Waals surface area contributed by atoms with Crippen LogP contribution >= 0.6 is 11.3 Å². The molecule has 0 radical (unpaired) electrons. The fourth-order valence-electron chi connectivity index (χ4n) is 8.92. The van der Waals surface area contributed by atoms with E-state index in [2.05, 4.69) is 189 Å². The van der Waals surface area contributed by atoms with Crippen molar-refractivity contribution in [3.05, 3.63) is 205 Å². The van der Waals surface area contributed by atoms with E-state index >= 15 is 0 Å². The van der Waals surface area contributed by atoms with Crippen molar-refractivity contribution in [3.63, 3.8) is 0 Å². The first-order chi connectivity index (χ1) is 27.1. The van der Waals surface area contributed by atoms with Crippen LogP contribution in [0.3, 0.4) is 0 Å². The molecule has 10 aromatic rings.